The van der Waals surface area contributed by atoms with Crippen LogP contribution in [0.3, 0.4) is 0 Å². The third kappa shape index (κ3) is 3.34. The van der Waals surface area contributed by atoms with Gasteiger partial charge in [0.1, 0.15) is 0 Å². The zero-order valence-electron chi connectivity index (χ0n) is 12.1. The van der Waals surface area contributed by atoms with E-state index in [1.165, 1.54) is 6.07 Å². The summed E-state index contributed by atoms with van der Waals surface area (Å²) in [5, 5.41) is 7.58. The standard InChI is InChI=1S/C13H17N5O2S/c1-8-4-5-12(6-11(8)7-14)21(19,20)18-13-15-9(2)10(3)16-17-13/h4-6H,7,14H2,1-3H3,(H,15,17,18). The second-order valence-corrected chi connectivity index (χ2v) is 6.39. The largest absolute Gasteiger partial charge is 0.326 e. The molecule has 112 valence electrons. The Labute approximate surface area is 123 Å². The number of benzene rings is 1. The summed E-state index contributed by atoms with van der Waals surface area (Å²) in [5.74, 6) is -0.0482. The van der Waals surface area contributed by atoms with E-state index in [-0.39, 0.29) is 17.4 Å². The van der Waals surface area contributed by atoms with Crippen LogP contribution in [0.2, 0.25) is 0 Å². The molecule has 0 unspecified atom stereocenters. The minimum atomic E-state index is -3.76. The number of nitrogens with two attached hydrogens (primary N) is 1. The van der Waals surface area contributed by atoms with Gasteiger partial charge in [0.2, 0.25) is 0 Å². The zero-order chi connectivity index (χ0) is 15.6. The van der Waals surface area contributed by atoms with Crippen LogP contribution in [0.4, 0.5) is 5.95 Å². The summed E-state index contributed by atoms with van der Waals surface area (Å²) in [5.41, 5.74) is 8.59. The minimum absolute atomic E-state index is 0.0482. The van der Waals surface area contributed by atoms with Crippen LogP contribution < -0.4 is 10.5 Å². The first-order valence-electron chi connectivity index (χ1n) is 6.34. The number of nitrogens with zero attached hydrogens (tertiary/aromatic N) is 3. The lowest BCUT2D eigenvalue weighted by molar-refractivity contribution is 0.600. The highest BCUT2D eigenvalue weighted by Crippen LogP contribution is 2.17. The molecule has 0 saturated carbocycles. The molecule has 0 radical (unpaired) electrons. The third-order valence-corrected chi connectivity index (χ3v) is 4.49. The summed E-state index contributed by atoms with van der Waals surface area (Å²) in [6, 6.07) is 4.79. The lowest BCUT2D eigenvalue weighted by atomic mass is 10.1. The molecule has 7 nitrogen and oxygen atoms in total. The van der Waals surface area contributed by atoms with Crippen molar-refractivity contribution in [1.29, 1.82) is 0 Å². The van der Waals surface area contributed by atoms with Gasteiger partial charge in [0.15, 0.2) is 0 Å². The van der Waals surface area contributed by atoms with Crippen molar-refractivity contribution in [3.8, 4) is 0 Å². The highest BCUT2D eigenvalue weighted by atomic mass is 32.2. The molecule has 0 aliphatic heterocycles. The molecule has 21 heavy (non-hydrogen) atoms. The molecule has 0 aliphatic rings. The first-order chi connectivity index (χ1) is 9.83. The van der Waals surface area contributed by atoms with Crippen LogP contribution in [0, 0.1) is 20.8 Å². The monoisotopic (exact) mass is 307 g/mol. The maximum absolute atomic E-state index is 12.3. The summed E-state index contributed by atoms with van der Waals surface area (Å²) < 4.78 is 27.0. The smallest absolute Gasteiger partial charge is 0.264 e. The van der Waals surface area contributed by atoms with E-state index in [1.807, 2.05) is 6.92 Å². The minimum Gasteiger partial charge on any atom is -0.326 e. The second-order valence-electron chi connectivity index (χ2n) is 4.70. The predicted octanol–water partition coefficient (Wildman–Crippen LogP) is 1.06. The molecule has 0 bridgehead atoms. The summed E-state index contributed by atoms with van der Waals surface area (Å²) >= 11 is 0. The zero-order valence-corrected chi connectivity index (χ0v) is 12.9. The Morgan fingerprint density at radius 3 is 2.48 bits per heavy atom. The number of nitrogens with one attached hydrogen (secondary N) is 1. The topological polar surface area (TPSA) is 111 Å². The van der Waals surface area contributed by atoms with Gasteiger partial charge >= 0.3 is 0 Å². The maximum atomic E-state index is 12.3. The molecule has 2 rings (SSSR count). The van der Waals surface area contributed by atoms with E-state index in [0.717, 1.165) is 11.1 Å². The fraction of sp³-hybridized carbons (Fsp3) is 0.308. The van der Waals surface area contributed by atoms with Crippen LogP contribution in [0.15, 0.2) is 23.1 Å². The summed E-state index contributed by atoms with van der Waals surface area (Å²) in [7, 11) is -3.76. The number of anilines is 1. The number of hydrogen-bond donors (Lipinski definition) is 2. The van der Waals surface area contributed by atoms with Gasteiger partial charge in [-0.05, 0) is 44.0 Å². The second kappa shape index (κ2) is 5.74. The average Bonchev–Trinajstić information content (AvgIpc) is 2.43. The predicted molar refractivity (Wildman–Crippen MR) is 79.2 cm³/mol. The van der Waals surface area contributed by atoms with Crippen molar-refractivity contribution in [2.45, 2.75) is 32.2 Å². The normalized spacial score (nSPS) is 11.4. The highest BCUT2D eigenvalue weighted by Gasteiger charge is 2.17. The van der Waals surface area contributed by atoms with Gasteiger partial charge in [0.05, 0.1) is 16.3 Å². The van der Waals surface area contributed by atoms with Crippen LogP contribution in [-0.4, -0.2) is 23.6 Å². The molecule has 2 aromatic rings. The van der Waals surface area contributed by atoms with E-state index >= 15 is 0 Å². The van der Waals surface area contributed by atoms with Gasteiger partial charge in [0, 0.05) is 6.54 Å². The van der Waals surface area contributed by atoms with Gasteiger partial charge in [-0.15, -0.1) is 5.10 Å². The lowest BCUT2D eigenvalue weighted by Gasteiger charge is -2.09. The number of sulfonamides is 1. The van der Waals surface area contributed by atoms with E-state index in [9.17, 15) is 8.42 Å². The molecular weight excluding hydrogens is 290 g/mol. The van der Waals surface area contributed by atoms with Gasteiger partial charge in [-0.25, -0.2) is 18.1 Å². The molecular formula is C13H17N5O2S. The Morgan fingerprint density at radius 2 is 1.86 bits per heavy atom. The summed E-state index contributed by atoms with van der Waals surface area (Å²) in [6.07, 6.45) is 0. The van der Waals surface area contributed by atoms with E-state index in [1.54, 1.807) is 26.0 Å². The van der Waals surface area contributed by atoms with Crippen molar-refractivity contribution in [2.75, 3.05) is 4.72 Å². The molecule has 1 aromatic carbocycles. The molecule has 1 heterocycles. The van der Waals surface area contributed by atoms with Crippen LogP contribution in [0.5, 0.6) is 0 Å². The Kier molecular flexibility index (Phi) is 4.19. The van der Waals surface area contributed by atoms with E-state index in [2.05, 4.69) is 19.9 Å². The number of aromatic nitrogens is 3. The number of rotatable bonds is 4. The van der Waals surface area contributed by atoms with Crippen molar-refractivity contribution < 1.29 is 8.42 Å². The Bertz CT molecular complexity index is 774. The first kappa shape index (κ1) is 15.3. The van der Waals surface area contributed by atoms with Gasteiger partial charge in [-0.1, -0.05) is 6.07 Å². The van der Waals surface area contributed by atoms with Crippen LogP contribution in [0.25, 0.3) is 0 Å². The maximum Gasteiger partial charge on any atom is 0.264 e. The third-order valence-electron chi connectivity index (χ3n) is 3.17. The quantitative estimate of drug-likeness (QED) is 0.873. The highest BCUT2D eigenvalue weighted by molar-refractivity contribution is 7.92. The average molecular weight is 307 g/mol. The van der Waals surface area contributed by atoms with E-state index < -0.39 is 10.0 Å². The molecule has 0 spiro atoms. The molecule has 0 atom stereocenters. The fourth-order valence-electron chi connectivity index (χ4n) is 1.71. The van der Waals surface area contributed by atoms with E-state index in [4.69, 9.17) is 5.73 Å². The molecule has 1 aromatic heterocycles. The van der Waals surface area contributed by atoms with Crippen molar-refractivity contribution in [3.05, 3.63) is 40.7 Å². The molecule has 3 N–H and O–H groups in total. The molecule has 0 fully saturated rings. The van der Waals surface area contributed by atoms with Gasteiger partial charge in [-0.3, -0.25) is 0 Å². The van der Waals surface area contributed by atoms with Gasteiger partial charge in [0.25, 0.3) is 16.0 Å². The summed E-state index contributed by atoms with van der Waals surface area (Å²) in [6.45, 7) is 5.64. The van der Waals surface area contributed by atoms with Crippen molar-refractivity contribution >= 4 is 16.0 Å². The number of hydrogen-bond acceptors (Lipinski definition) is 6. The molecule has 0 aliphatic carbocycles. The van der Waals surface area contributed by atoms with Crippen LogP contribution in [0.1, 0.15) is 22.5 Å². The molecule has 0 saturated heterocycles. The number of aryl methyl sites for hydroxylation is 3. The SMILES string of the molecule is Cc1ccc(S(=O)(=O)Nc2nnc(C)c(C)n2)cc1CN. The molecule has 8 heteroatoms. The Balaban J connectivity index is 2.35. The van der Waals surface area contributed by atoms with Crippen LogP contribution >= 0.6 is 0 Å². The lowest BCUT2D eigenvalue weighted by Crippen LogP contribution is -2.17. The van der Waals surface area contributed by atoms with E-state index in [0.29, 0.717) is 11.4 Å². The van der Waals surface area contributed by atoms with Gasteiger partial charge < -0.3 is 5.73 Å². The van der Waals surface area contributed by atoms with Gasteiger partial charge in [-0.2, -0.15) is 5.10 Å². The van der Waals surface area contributed by atoms with Crippen molar-refractivity contribution in [3.63, 3.8) is 0 Å². The van der Waals surface area contributed by atoms with Crippen LogP contribution in [-0.2, 0) is 16.6 Å². The Hall–Kier alpha value is -2.06. The first-order valence-corrected chi connectivity index (χ1v) is 7.82. The fourth-order valence-corrected chi connectivity index (χ4v) is 2.70. The van der Waals surface area contributed by atoms with Crippen molar-refractivity contribution in [1.82, 2.24) is 15.2 Å². The van der Waals surface area contributed by atoms with Crippen molar-refractivity contribution in [2.24, 2.45) is 5.73 Å². The summed E-state index contributed by atoms with van der Waals surface area (Å²) in [4.78, 5) is 4.18. The molecule has 0 amide bonds. The Morgan fingerprint density at radius 1 is 1.14 bits per heavy atom.